The van der Waals surface area contributed by atoms with Crippen LogP contribution in [0, 0.1) is 17.3 Å². The molecule has 0 aromatic rings. The molecular weight excluding hydrogens is 232 g/mol. The first-order chi connectivity index (χ1) is 8.93. The van der Waals surface area contributed by atoms with Crippen molar-refractivity contribution in [3.8, 4) is 0 Å². The Hall–Kier alpha value is -0.0800. The second-order valence-electron chi connectivity index (χ2n) is 7.88. The van der Waals surface area contributed by atoms with Gasteiger partial charge in [0.1, 0.15) is 0 Å². The fraction of sp³-hybridized carbons (Fsp3) is 1.00. The van der Waals surface area contributed by atoms with Gasteiger partial charge in [0.25, 0.3) is 0 Å². The van der Waals surface area contributed by atoms with Crippen LogP contribution in [0.25, 0.3) is 0 Å². The van der Waals surface area contributed by atoms with Crippen LogP contribution in [-0.4, -0.2) is 36.6 Å². The minimum absolute atomic E-state index is 0.531. The number of hydrogen-bond acceptors (Lipinski definition) is 2. The van der Waals surface area contributed by atoms with Crippen molar-refractivity contribution in [2.24, 2.45) is 17.3 Å². The molecule has 0 aromatic heterocycles. The van der Waals surface area contributed by atoms with E-state index in [9.17, 15) is 0 Å². The van der Waals surface area contributed by atoms with E-state index in [1.807, 2.05) is 0 Å². The van der Waals surface area contributed by atoms with E-state index in [1.54, 1.807) is 0 Å². The molecule has 1 saturated heterocycles. The molecule has 0 aromatic carbocycles. The predicted molar refractivity (Wildman–Crippen MR) is 83.4 cm³/mol. The number of nitrogens with zero attached hydrogens (tertiary/aromatic N) is 1. The highest BCUT2D eigenvalue weighted by atomic mass is 15.2. The highest BCUT2D eigenvalue weighted by Crippen LogP contribution is 2.39. The molecule has 1 heterocycles. The predicted octanol–water partition coefficient (Wildman–Crippen LogP) is 3.52. The van der Waals surface area contributed by atoms with Crippen LogP contribution in [0.2, 0.25) is 0 Å². The van der Waals surface area contributed by atoms with Gasteiger partial charge >= 0.3 is 0 Å². The molecule has 2 rings (SSSR count). The Bertz CT molecular complexity index is 287. The molecule has 4 unspecified atom stereocenters. The second-order valence-corrected chi connectivity index (χ2v) is 7.88. The van der Waals surface area contributed by atoms with Gasteiger partial charge in [0.2, 0.25) is 0 Å². The minimum Gasteiger partial charge on any atom is -0.313 e. The topological polar surface area (TPSA) is 15.3 Å². The summed E-state index contributed by atoms with van der Waals surface area (Å²) >= 11 is 0. The van der Waals surface area contributed by atoms with E-state index in [-0.39, 0.29) is 0 Å². The van der Waals surface area contributed by atoms with E-state index in [0.29, 0.717) is 5.41 Å². The first kappa shape index (κ1) is 15.3. The number of hydrogen-bond donors (Lipinski definition) is 1. The average Bonchev–Trinajstić information content (AvgIpc) is 2.35. The molecule has 19 heavy (non-hydrogen) atoms. The molecular formula is C17H34N2. The van der Waals surface area contributed by atoms with Gasteiger partial charge in [-0.1, -0.05) is 34.6 Å². The van der Waals surface area contributed by atoms with Crippen molar-refractivity contribution in [1.29, 1.82) is 0 Å². The monoisotopic (exact) mass is 266 g/mol. The quantitative estimate of drug-likeness (QED) is 0.841. The molecule has 1 N–H and O–H groups in total. The third kappa shape index (κ3) is 3.72. The smallest absolute Gasteiger partial charge is 0.0254 e. The molecule has 112 valence electrons. The normalized spacial score (nSPS) is 40.3. The van der Waals surface area contributed by atoms with Crippen molar-refractivity contribution in [2.45, 2.75) is 72.4 Å². The third-order valence-electron chi connectivity index (χ3n) is 5.66. The molecule has 1 aliphatic carbocycles. The van der Waals surface area contributed by atoms with E-state index in [4.69, 9.17) is 0 Å². The molecule has 1 aliphatic heterocycles. The maximum absolute atomic E-state index is 3.75. The highest BCUT2D eigenvalue weighted by molar-refractivity contribution is 4.96. The first-order valence-electron chi connectivity index (χ1n) is 8.40. The number of likely N-dealkylation sites (tertiary alicyclic amines) is 1. The van der Waals surface area contributed by atoms with Crippen molar-refractivity contribution < 1.29 is 0 Å². The molecule has 1 saturated carbocycles. The van der Waals surface area contributed by atoms with Gasteiger partial charge in [0.15, 0.2) is 0 Å². The zero-order chi connectivity index (χ0) is 14.0. The largest absolute Gasteiger partial charge is 0.313 e. The Morgan fingerprint density at radius 1 is 1.16 bits per heavy atom. The van der Waals surface area contributed by atoms with Crippen LogP contribution in [0.5, 0.6) is 0 Å². The summed E-state index contributed by atoms with van der Waals surface area (Å²) in [6.45, 7) is 15.8. The summed E-state index contributed by atoms with van der Waals surface area (Å²) in [5.41, 5.74) is 0.531. The zero-order valence-corrected chi connectivity index (χ0v) is 13.7. The number of nitrogens with one attached hydrogen (secondary N) is 1. The van der Waals surface area contributed by atoms with Gasteiger partial charge in [-0.3, -0.25) is 4.90 Å². The molecule has 0 bridgehead atoms. The van der Waals surface area contributed by atoms with Gasteiger partial charge in [-0.25, -0.2) is 0 Å². The Kier molecular flexibility index (Phi) is 4.94. The van der Waals surface area contributed by atoms with Gasteiger partial charge in [-0.05, 0) is 56.0 Å². The second kappa shape index (κ2) is 6.13. The lowest BCUT2D eigenvalue weighted by Gasteiger charge is -2.49. The maximum Gasteiger partial charge on any atom is 0.0254 e. The van der Waals surface area contributed by atoms with Crippen molar-refractivity contribution in [3.05, 3.63) is 0 Å². The maximum atomic E-state index is 3.75. The van der Waals surface area contributed by atoms with Crippen LogP contribution in [0.3, 0.4) is 0 Å². The summed E-state index contributed by atoms with van der Waals surface area (Å²) in [5, 5.41) is 3.75. The van der Waals surface area contributed by atoms with E-state index in [2.05, 4.69) is 44.8 Å². The Morgan fingerprint density at radius 2 is 1.89 bits per heavy atom. The summed E-state index contributed by atoms with van der Waals surface area (Å²) in [4.78, 5) is 2.80. The molecule has 0 amide bonds. The molecule has 0 spiro atoms. The van der Waals surface area contributed by atoms with E-state index in [0.717, 1.165) is 30.5 Å². The van der Waals surface area contributed by atoms with Crippen molar-refractivity contribution in [3.63, 3.8) is 0 Å². The average molecular weight is 266 g/mol. The fourth-order valence-electron chi connectivity index (χ4n) is 4.03. The van der Waals surface area contributed by atoms with Crippen molar-refractivity contribution in [1.82, 2.24) is 10.2 Å². The molecule has 0 radical (unpaired) electrons. The van der Waals surface area contributed by atoms with Gasteiger partial charge in [-0.15, -0.1) is 0 Å². The molecule has 2 heteroatoms. The van der Waals surface area contributed by atoms with E-state index >= 15 is 0 Å². The third-order valence-corrected chi connectivity index (χ3v) is 5.66. The van der Waals surface area contributed by atoms with Gasteiger partial charge in [-0.2, -0.15) is 0 Å². The molecule has 2 aliphatic rings. The summed E-state index contributed by atoms with van der Waals surface area (Å²) in [6.07, 6.45) is 5.48. The lowest BCUT2D eigenvalue weighted by atomic mass is 9.71. The number of likely N-dealkylation sites (N-methyl/N-ethyl adjacent to an activating group) is 1. The molecule has 2 fully saturated rings. The highest BCUT2D eigenvalue weighted by Gasteiger charge is 2.39. The lowest BCUT2D eigenvalue weighted by Crippen LogP contribution is -2.57. The molecule has 4 atom stereocenters. The standard InChI is InChI=1S/C17H34N2/c1-6-18-15-7-9-17(4,5)11-16(15)19-10-8-13(2)14(3)12-19/h13-16,18H,6-12H2,1-5H3. The zero-order valence-electron chi connectivity index (χ0n) is 13.7. The van der Waals surface area contributed by atoms with Crippen molar-refractivity contribution >= 4 is 0 Å². The van der Waals surface area contributed by atoms with Crippen LogP contribution < -0.4 is 5.32 Å². The van der Waals surface area contributed by atoms with Crippen LogP contribution in [0.15, 0.2) is 0 Å². The SMILES string of the molecule is CCNC1CCC(C)(C)CC1N1CCC(C)C(C)C1. The van der Waals surface area contributed by atoms with Gasteiger partial charge < -0.3 is 5.32 Å². The van der Waals surface area contributed by atoms with E-state index < -0.39 is 0 Å². The fourth-order valence-corrected chi connectivity index (χ4v) is 4.03. The van der Waals surface area contributed by atoms with Crippen molar-refractivity contribution in [2.75, 3.05) is 19.6 Å². The van der Waals surface area contributed by atoms with Crippen LogP contribution in [-0.2, 0) is 0 Å². The van der Waals surface area contributed by atoms with Crippen LogP contribution in [0.4, 0.5) is 0 Å². The van der Waals surface area contributed by atoms with Gasteiger partial charge in [0.05, 0.1) is 0 Å². The minimum atomic E-state index is 0.531. The Labute approximate surface area is 120 Å². The molecule has 2 nitrogen and oxygen atoms in total. The van der Waals surface area contributed by atoms with Crippen LogP contribution >= 0.6 is 0 Å². The lowest BCUT2D eigenvalue weighted by molar-refractivity contribution is 0.0250. The first-order valence-corrected chi connectivity index (χ1v) is 8.40. The summed E-state index contributed by atoms with van der Waals surface area (Å²) in [5.74, 6) is 1.77. The number of piperidine rings is 1. The van der Waals surface area contributed by atoms with E-state index in [1.165, 1.54) is 38.8 Å². The summed E-state index contributed by atoms with van der Waals surface area (Å²) in [7, 11) is 0. The summed E-state index contributed by atoms with van der Waals surface area (Å²) in [6, 6.07) is 1.48. The Morgan fingerprint density at radius 3 is 2.53 bits per heavy atom. The number of rotatable bonds is 3. The van der Waals surface area contributed by atoms with Gasteiger partial charge in [0, 0.05) is 18.6 Å². The Balaban J connectivity index is 2.04. The van der Waals surface area contributed by atoms with Crippen LogP contribution in [0.1, 0.15) is 60.3 Å². The summed E-state index contributed by atoms with van der Waals surface area (Å²) < 4.78 is 0.